The fraction of sp³-hybridized carbons (Fsp3) is 0.400. The van der Waals surface area contributed by atoms with Crippen molar-refractivity contribution in [2.45, 2.75) is 31.6 Å². The van der Waals surface area contributed by atoms with Gasteiger partial charge in [0.15, 0.2) is 0 Å². The van der Waals surface area contributed by atoms with E-state index >= 15 is 0 Å². The van der Waals surface area contributed by atoms with E-state index in [1.54, 1.807) is 18.4 Å². The highest BCUT2D eigenvalue weighted by atomic mass is 79.9. The molecule has 1 aliphatic rings. The van der Waals surface area contributed by atoms with Gasteiger partial charge in [-0.3, -0.25) is 0 Å². The van der Waals surface area contributed by atoms with Crippen LogP contribution >= 0.6 is 27.3 Å². The molecule has 0 saturated heterocycles. The van der Waals surface area contributed by atoms with Crippen LogP contribution in [-0.4, -0.2) is 12.1 Å². The summed E-state index contributed by atoms with van der Waals surface area (Å²) >= 11 is 5.21. The molecule has 1 fully saturated rings. The van der Waals surface area contributed by atoms with Crippen LogP contribution in [0.15, 0.2) is 22.7 Å². The summed E-state index contributed by atoms with van der Waals surface area (Å²) in [5.41, 5.74) is 8.08. The molecule has 5 heteroatoms. The van der Waals surface area contributed by atoms with E-state index in [9.17, 15) is 0 Å². The van der Waals surface area contributed by atoms with Crippen LogP contribution in [-0.2, 0) is 0 Å². The first-order valence-corrected chi connectivity index (χ1v) is 8.40. The third-order valence-corrected chi connectivity index (χ3v) is 5.54. The molecule has 0 radical (unpaired) electrons. The monoisotopic (exact) mass is 352 g/mol. The van der Waals surface area contributed by atoms with Crippen LogP contribution in [0.3, 0.4) is 0 Å². The summed E-state index contributed by atoms with van der Waals surface area (Å²) in [5.74, 6) is 1.42. The van der Waals surface area contributed by atoms with Crippen molar-refractivity contribution in [2.75, 3.05) is 12.8 Å². The van der Waals surface area contributed by atoms with E-state index in [4.69, 9.17) is 15.5 Å². The lowest BCUT2D eigenvalue weighted by Gasteiger charge is -2.06. The second-order valence-corrected chi connectivity index (χ2v) is 7.01. The smallest absolute Gasteiger partial charge is 0.119 e. The van der Waals surface area contributed by atoms with Crippen molar-refractivity contribution >= 4 is 32.3 Å². The first kappa shape index (κ1) is 13.9. The molecule has 2 N–H and O–H groups in total. The Bertz CT molecular complexity index is 620. The molecule has 3 nitrogen and oxygen atoms in total. The first-order chi connectivity index (χ1) is 9.69. The van der Waals surface area contributed by atoms with Crippen LogP contribution < -0.4 is 10.5 Å². The van der Waals surface area contributed by atoms with Crippen molar-refractivity contribution in [1.82, 2.24) is 4.98 Å². The van der Waals surface area contributed by atoms with E-state index in [0.29, 0.717) is 5.92 Å². The third-order valence-electron chi connectivity index (χ3n) is 3.80. The minimum absolute atomic E-state index is 0.598. The number of ether oxygens (including phenoxy) is 1. The number of rotatable bonds is 3. The maximum Gasteiger partial charge on any atom is 0.119 e. The Morgan fingerprint density at radius 3 is 2.80 bits per heavy atom. The summed E-state index contributed by atoms with van der Waals surface area (Å²) in [6.45, 7) is 0. The fourth-order valence-electron chi connectivity index (χ4n) is 2.70. The minimum Gasteiger partial charge on any atom is -0.497 e. The van der Waals surface area contributed by atoms with Gasteiger partial charge in [0.25, 0.3) is 0 Å². The van der Waals surface area contributed by atoms with Gasteiger partial charge in [0.2, 0.25) is 0 Å². The molecule has 1 aliphatic carbocycles. The van der Waals surface area contributed by atoms with Gasteiger partial charge in [-0.15, -0.1) is 11.3 Å². The number of aromatic nitrogens is 1. The molecule has 20 heavy (non-hydrogen) atoms. The highest BCUT2D eigenvalue weighted by molar-refractivity contribution is 9.10. The molecular weight excluding hydrogens is 336 g/mol. The molecule has 0 aliphatic heterocycles. The zero-order valence-corrected chi connectivity index (χ0v) is 13.8. The van der Waals surface area contributed by atoms with Crippen molar-refractivity contribution in [3.05, 3.63) is 27.7 Å². The fourth-order valence-corrected chi connectivity index (χ4v) is 4.15. The first-order valence-electron chi connectivity index (χ1n) is 6.79. The van der Waals surface area contributed by atoms with Gasteiger partial charge in [-0.2, -0.15) is 0 Å². The van der Waals surface area contributed by atoms with E-state index in [2.05, 4.69) is 15.9 Å². The summed E-state index contributed by atoms with van der Waals surface area (Å²) in [6, 6.07) is 5.88. The largest absolute Gasteiger partial charge is 0.497 e. The molecule has 0 amide bonds. The predicted octanol–water partition coefficient (Wildman–Crippen LogP) is 4.82. The zero-order chi connectivity index (χ0) is 14.1. The molecule has 1 heterocycles. The number of nitrogens with zero attached hydrogens (tertiary/aromatic N) is 1. The summed E-state index contributed by atoms with van der Waals surface area (Å²) < 4.78 is 6.29. The van der Waals surface area contributed by atoms with Gasteiger partial charge >= 0.3 is 0 Å². The number of nitrogens with two attached hydrogens (primary N) is 1. The molecule has 106 valence electrons. The quantitative estimate of drug-likeness (QED) is 0.861. The number of hydrogen-bond donors (Lipinski definition) is 1. The third kappa shape index (κ3) is 2.56. The number of thiazole rings is 1. The number of benzene rings is 1. The molecule has 1 saturated carbocycles. The standard InChI is InChI=1S/C15H17BrN2OS/c1-19-10-6-7-12(16)11(8-10)13-14(17)20-15(18-13)9-4-2-3-5-9/h6-9H,2-5,17H2,1H3. The van der Waals surface area contributed by atoms with E-state index in [0.717, 1.165) is 26.5 Å². The van der Waals surface area contributed by atoms with Crippen LogP contribution in [0.2, 0.25) is 0 Å². The maximum atomic E-state index is 6.20. The van der Waals surface area contributed by atoms with Crippen LogP contribution in [0.1, 0.15) is 36.6 Å². The van der Waals surface area contributed by atoms with E-state index < -0.39 is 0 Å². The lowest BCUT2D eigenvalue weighted by molar-refractivity contribution is 0.415. The van der Waals surface area contributed by atoms with Crippen LogP contribution in [0.5, 0.6) is 5.75 Å². The summed E-state index contributed by atoms with van der Waals surface area (Å²) in [4.78, 5) is 4.81. The normalized spacial score (nSPS) is 15.7. The van der Waals surface area contributed by atoms with Gasteiger partial charge in [-0.1, -0.05) is 28.8 Å². The van der Waals surface area contributed by atoms with Gasteiger partial charge in [0, 0.05) is 16.0 Å². The van der Waals surface area contributed by atoms with E-state index in [-0.39, 0.29) is 0 Å². The van der Waals surface area contributed by atoms with E-state index in [1.807, 2.05) is 18.2 Å². The highest BCUT2D eigenvalue weighted by Gasteiger charge is 2.23. The summed E-state index contributed by atoms with van der Waals surface area (Å²) in [5, 5.41) is 1.98. The topological polar surface area (TPSA) is 48.1 Å². The Morgan fingerprint density at radius 2 is 2.10 bits per heavy atom. The number of nitrogen functional groups attached to an aromatic ring is 1. The minimum atomic E-state index is 0.598. The molecule has 3 rings (SSSR count). The second kappa shape index (κ2) is 5.74. The van der Waals surface area contributed by atoms with Crippen molar-refractivity contribution in [1.29, 1.82) is 0 Å². The molecule has 0 atom stereocenters. The van der Waals surface area contributed by atoms with Crippen LogP contribution in [0.25, 0.3) is 11.3 Å². The van der Waals surface area contributed by atoms with Gasteiger partial charge < -0.3 is 10.5 Å². The molecular formula is C15H17BrN2OS. The number of anilines is 1. The van der Waals surface area contributed by atoms with E-state index in [1.165, 1.54) is 30.7 Å². The van der Waals surface area contributed by atoms with Crippen molar-refractivity contribution in [3.63, 3.8) is 0 Å². The van der Waals surface area contributed by atoms with Crippen molar-refractivity contribution in [2.24, 2.45) is 0 Å². The average Bonchev–Trinajstić information content (AvgIpc) is 3.08. The zero-order valence-electron chi connectivity index (χ0n) is 11.4. The number of halogens is 1. The second-order valence-electron chi connectivity index (χ2n) is 5.09. The van der Waals surface area contributed by atoms with Gasteiger partial charge in [-0.25, -0.2) is 4.98 Å². The number of methoxy groups -OCH3 is 1. The Hall–Kier alpha value is -1.07. The van der Waals surface area contributed by atoms with Gasteiger partial charge in [0.1, 0.15) is 16.4 Å². The molecule has 1 aromatic carbocycles. The summed E-state index contributed by atoms with van der Waals surface area (Å²) in [6.07, 6.45) is 5.10. The Balaban J connectivity index is 2.01. The molecule has 1 aromatic heterocycles. The van der Waals surface area contributed by atoms with Gasteiger partial charge in [-0.05, 0) is 31.0 Å². The Labute approximate surface area is 131 Å². The number of hydrogen-bond acceptors (Lipinski definition) is 4. The summed E-state index contributed by atoms with van der Waals surface area (Å²) in [7, 11) is 1.67. The SMILES string of the molecule is COc1ccc(Br)c(-c2nc(C3CCCC3)sc2N)c1. The molecule has 2 aromatic rings. The van der Waals surface area contributed by atoms with Crippen LogP contribution in [0, 0.1) is 0 Å². The van der Waals surface area contributed by atoms with Crippen LogP contribution in [0.4, 0.5) is 5.00 Å². The highest BCUT2D eigenvalue weighted by Crippen LogP contribution is 2.42. The molecule has 0 unspecified atom stereocenters. The lowest BCUT2D eigenvalue weighted by Crippen LogP contribution is -1.92. The lowest BCUT2D eigenvalue weighted by atomic mass is 10.1. The Kier molecular flexibility index (Phi) is 3.98. The Morgan fingerprint density at radius 1 is 1.35 bits per heavy atom. The average molecular weight is 353 g/mol. The van der Waals surface area contributed by atoms with Gasteiger partial charge in [0.05, 0.1) is 12.1 Å². The van der Waals surface area contributed by atoms with Crippen molar-refractivity contribution < 1.29 is 4.74 Å². The molecule has 0 bridgehead atoms. The van der Waals surface area contributed by atoms with Crippen molar-refractivity contribution in [3.8, 4) is 17.0 Å². The molecule has 0 spiro atoms. The maximum absolute atomic E-state index is 6.20. The predicted molar refractivity (Wildman–Crippen MR) is 87.4 cm³/mol.